The molecule has 0 saturated heterocycles. The van der Waals surface area contributed by atoms with Gasteiger partial charge in [-0.2, -0.15) is 0 Å². The molecule has 6 heteroatoms. The van der Waals surface area contributed by atoms with Crippen molar-refractivity contribution in [3.05, 3.63) is 0 Å². The van der Waals surface area contributed by atoms with Crippen LogP contribution in [0, 0.1) is 0 Å². The fourth-order valence-corrected chi connectivity index (χ4v) is 2.51. The van der Waals surface area contributed by atoms with Crippen LogP contribution in [0.3, 0.4) is 0 Å². The van der Waals surface area contributed by atoms with Crippen molar-refractivity contribution in [3.8, 4) is 0 Å². The molecule has 4 nitrogen and oxygen atoms in total. The Hall–Kier alpha value is 1.51. The SMILES string of the molecule is CCCCCCCC(C(C)O)S(=O)(=O)[O-].[K+]. The van der Waals surface area contributed by atoms with E-state index in [0.717, 1.165) is 25.7 Å². The molecule has 92 valence electrons. The molecule has 0 spiro atoms. The third-order valence-electron chi connectivity index (χ3n) is 2.50. The smallest absolute Gasteiger partial charge is 0.748 e. The summed E-state index contributed by atoms with van der Waals surface area (Å²) in [6.07, 6.45) is 4.13. The molecule has 1 N–H and O–H groups in total. The molecule has 0 aliphatic rings. The zero-order valence-electron chi connectivity index (χ0n) is 10.5. The van der Waals surface area contributed by atoms with Gasteiger partial charge < -0.3 is 9.66 Å². The maximum absolute atomic E-state index is 10.8. The van der Waals surface area contributed by atoms with Crippen molar-refractivity contribution in [3.63, 3.8) is 0 Å². The Morgan fingerprint density at radius 3 is 2.06 bits per heavy atom. The summed E-state index contributed by atoms with van der Waals surface area (Å²) in [6, 6.07) is 0. The first-order valence-corrected chi connectivity index (χ1v) is 6.99. The van der Waals surface area contributed by atoms with E-state index in [0.29, 0.717) is 6.42 Å². The summed E-state index contributed by atoms with van der Waals surface area (Å²) in [6.45, 7) is 3.45. The third-order valence-corrected chi connectivity index (χ3v) is 3.87. The van der Waals surface area contributed by atoms with Crippen LogP contribution in [-0.4, -0.2) is 29.4 Å². The quantitative estimate of drug-likeness (QED) is 0.338. The summed E-state index contributed by atoms with van der Waals surface area (Å²) in [5, 5.41) is 8.03. The van der Waals surface area contributed by atoms with Crippen LogP contribution in [0.1, 0.15) is 52.4 Å². The minimum atomic E-state index is -4.36. The fourth-order valence-electron chi connectivity index (χ4n) is 1.58. The zero-order valence-corrected chi connectivity index (χ0v) is 14.4. The Morgan fingerprint density at radius 2 is 1.69 bits per heavy atom. The van der Waals surface area contributed by atoms with E-state index in [1.807, 2.05) is 0 Å². The van der Waals surface area contributed by atoms with Gasteiger partial charge in [0, 0.05) is 0 Å². The molecular formula is C10H21KO4S. The van der Waals surface area contributed by atoms with E-state index >= 15 is 0 Å². The van der Waals surface area contributed by atoms with Gasteiger partial charge in [-0.15, -0.1) is 0 Å². The van der Waals surface area contributed by atoms with Crippen LogP contribution in [-0.2, 0) is 10.1 Å². The molecule has 0 bridgehead atoms. The Bertz CT molecular complexity index is 252. The fraction of sp³-hybridized carbons (Fsp3) is 1.00. The van der Waals surface area contributed by atoms with Crippen molar-refractivity contribution < 1.29 is 69.5 Å². The van der Waals surface area contributed by atoms with Gasteiger partial charge in [-0.1, -0.05) is 39.0 Å². The van der Waals surface area contributed by atoms with E-state index in [1.165, 1.54) is 6.92 Å². The summed E-state index contributed by atoms with van der Waals surface area (Å²) >= 11 is 0. The van der Waals surface area contributed by atoms with E-state index in [1.54, 1.807) is 0 Å². The van der Waals surface area contributed by atoms with Gasteiger partial charge in [-0.3, -0.25) is 0 Å². The van der Waals surface area contributed by atoms with Gasteiger partial charge in [-0.05, 0) is 13.3 Å². The van der Waals surface area contributed by atoms with Crippen molar-refractivity contribution in [1.29, 1.82) is 0 Å². The van der Waals surface area contributed by atoms with Crippen molar-refractivity contribution in [2.24, 2.45) is 0 Å². The van der Waals surface area contributed by atoms with Crippen LogP contribution in [0.4, 0.5) is 0 Å². The third kappa shape index (κ3) is 9.53. The van der Waals surface area contributed by atoms with Gasteiger partial charge in [-0.25, -0.2) is 8.42 Å². The number of rotatable bonds is 8. The van der Waals surface area contributed by atoms with Gasteiger partial charge >= 0.3 is 51.4 Å². The summed E-state index contributed by atoms with van der Waals surface area (Å²) in [5.41, 5.74) is 0. The maximum Gasteiger partial charge on any atom is 1.00 e. The standard InChI is InChI=1S/C10H22O4S.K/c1-3-4-5-6-7-8-10(9(2)11)15(12,13)14;/h9-11H,3-8H2,1-2H3,(H,12,13,14);/q;+1/p-1. The second-order valence-corrected chi connectivity index (χ2v) is 5.57. The van der Waals surface area contributed by atoms with Crippen LogP contribution < -0.4 is 51.4 Å². The summed E-state index contributed by atoms with van der Waals surface area (Å²) in [4.78, 5) is 0. The first kappa shape index (κ1) is 19.8. The van der Waals surface area contributed by atoms with E-state index in [9.17, 15) is 18.1 Å². The minimum Gasteiger partial charge on any atom is -0.748 e. The Labute approximate surface area is 141 Å². The molecule has 0 radical (unpaired) electrons. The second kappa shape index (κ2) is 10.4. The van der Waals surface area contributed by atoms with Crippen molar-refractivity contribution >= 4 is 10.1 Å². The van der Waals surface area contributed by atoms with Gasteiger partial charge in [0.05, 0.1) is 11.4 Å². The Morgan fingerprint density at radius 1 is 1.19 bits per heavy atom. The number of unbranched alkanes of at least 4 members (excludes halogenated alkanes) is 4. The van der Waals surface area contributed by atoms with Crippen LogP contribution in [0.25, 0.3) is 0 Å². The van der Waals surface area contributed by atoms with E-state index in [-0.39, 0.29) is 57.8 Å². The molecule has 0 aromatic rings. The molecule has 0 amide bonds. The first-order chi connectivity index (χ1) is 6.89. The molecule has 2 atom stereocenters. The van der Waals surface area contributed by atoms with Crippen molar-refractivity contribution in [1.82, 2.24) is 0 Å². The Kier molecular flexibility index (Phi) is 12.9. The largest absolute Gasteiger partial charge is 1.00 e. The van der Waals surface area contributed by atoms with E-state index in [2.05, 4.69) is 6.92 Å². The van der Waals surface area contributed by atoms with E-state index < -0.39 is 21.5 Å². The topological polar surface area (TPSA) is 77.4 Å². The first-order valence-electron chi connectivity index (χ1n) is 5.52. The van der Waals surface area contributed by atoms with Gasteiger partial charge in [0.1, 0.15) is 10.1 Å². The molecule has 0 aliphatic heterocycles. The number of hydrogen-bond acceptors (Lipinski definition) is 4. The summed E-state index contributed by atoms with van der Waals surface area (Å²) in [5.74, 6) is 0. The molecule has 0 aliphatic carbocycles. The summed E-state index contributed by atoms with van der Waals surface area (Å²) < 4.78 is 32.3. The normalized spacial score (nSPS) is 15.2. The predicted molar refractivity (Wildman–Crippen MR) is 58.5 cm³/mol. The van der Waals surface area contributed by atoms with Crippen molar-refractivity contribution in [2.75, 3.05) is 0 Å². The van der Waals surface area contributed by atoms with Crippen LogP contribution in [0.2, 0.25) is 0 Å². The molecule has 0 fully saturated rings. The zero-order chi connectivity index (χ0) is 11.9. The molecular weight excluding hydrogens is 255 g/mol. The second-order valence-electron chi connectivity index (χ2n) is 3.97. The van der Waals surface area contributed by atoms with Gasteiger partial charge in [0.25, 0.3) is 0 Å². The van der Waals surface area contributed by atoms with Gasteiger partial charge in [0.15, 0.2) is 0 Å². The molecule has 0 heterocycles. The predicted octanol–water partition coefficient (Wildman–Crippen LogP) is -1.35. The molecule has 2 unspecified atom stereocenters. The van der Waals surface area contributed by atoms with Crippen LogP contribution in [0.5, 0.6) is 0 Å². The number of hydrogen-bond donors (Lipinski definition) is 1. The minimum absolute atomic E-state index is 0. The molecule has 0 saturated carbocycles. The maximum atomic E-state index is 10.8. The average molecular weight is 276 g/mol. The van der Waals surface area contributed by atoms with Crippen LogP contribution in [0.15, 0.2) is 0 Å². The molecule has 0 aromatic carbocycles. The molecule has 0 aromatic heterocycles. The number of aliphatic hydroxyl groups is 1. The Balaban J connectivity index is 0. The number of aliphatic hydroxyl groups excluding tert-OH is 1. The molecule has 0 rings (SSSR count). The van der Waals surface area contributed by atoms with E-state index in [4.69, 9.17) is 0 Å². The summed E-state index contributed by atoms with van der Waals surface area (Å²) in [7, 11) is -4.36. The van der Waals surface area contributed by atoms with Gasteiger partial charge in [0.2, 0.25) is 0 Å². The monoisotopic (exact) mass is 276 g/mol. The van der Waals surface area contributed by atoms with Crippen molar-refractivity contribution in [2.45, 2.75) is 63.7 Å². The van der Waals surface area contributed by atoms with Crippen LogP contribution >= 0.6 is 0 Å². The average Bonchev–Trinajstić information content (AvgIpc) is 2.08. The molecule has 16 heavy (non-hydrogen) atoms.